The number of imidazole rings is 1. The van der Waals surface area contributed by atoms with Gasteiger partial charge in [0.2, 0.25) is 0 Å². The molecule has 150 valence electrons. The number of nitrogens with zero attached hydrogens (tertiary/aromatic N) is 4. The molecule has 0 spiro atoms. The maximum Gasteiger partial charge on any atom is 0.193 e. The van der Waals surface area contributed by atoms with Crippen LogP contribution in [-0.2, 0) is 6.54 Å². The van der Waals surface area contributed by atoms with Gasteiger partial charge in [-0.25, -0.2) is 4.98 Å². The third kappa shape index (κ3) is 7.14. The highest BCUT2D eigenvalue weighted by Gasteiger charge is 2.11. The molecule has 0 saturated heterocycles. The van der Waals surface area contributed by atoms with Crippen LogP contribution in [0.1, 0.15) is 26.6 Å². The Morgan fingerprint density at radius 1 is 1.26 bits per heavy atom. The van der Waals surface area contributed by atoms with Gasteiger partial charge in [0.1, 0.15) is 5.82 Å². The van der Waals surface area contributed by atoms with Gasteiger partial charge in [-0.05, 0) is 26.0 Å². The summed E-state index contributed by atoms with van der Waals surface area (Å²) < 4.78 is 0. The van der Waals surface area contributed by atoms with Crippen LogP contribution in [-0.4, -0.2) is 65.5 Å². The Kier molecular flexibility index (Phi) is 10.4. The second-order valence-electron chi connectivity index (χ2n) is 6.66. The first-order valence-corrected chi connectivity index (χ1v) is 9.30. The number of nitrogens with one attached hydrogen (secondary N) is 2. The quantitative estimate of drug-likeness (QED) is 0.343. The van der Waals surface area contributed by atoms with Crippen LogP contribution in [0, 0.1) is 0 Å². The lowest BCUT2D eigenvalue weighted by molar-refractivity contribution is 0.236. The number of aromatic amines is 1. The molecule has 0 aliphatic heterocycles. The van der Waals surface area contributed by atoms with E-state index >= 15 is 0 Å². The van der Waals surface area contributed by atoms with E-state index < -0.39 is 0 Å². The van der Waals surface area contributed by atoms with Crippen LogP contribution in [0.25, 0.3) is 11.3 Å². The molecule has 0 saturated carbocycles. The minimum Gasteiger partial charge on any atom is -0.355 e. The maximum absolute atomic E-state index is 4.51. The summed E-state index contributed by atoms with van der Waals surface area (Å²) in [7, 11) is 3.84. The minimum atomic E-state index is 0. The molecule has 0 radical (unpaired) electrons. The van der Waals surface area contributed by atoms with E-state index in [0.29, 0.717) is 12.6 Å². The fraction of sp³-hybridized carbons (Fsp3) is 0.500. The summed E-state index contributed by atoms with van der Waals surface area (Å²) in [5.74, 6) is 1.80. The Morgan fingerprint density at radius 2 is 1.96 bits per heavy atom. The predicted octanol–water partition coefficient (Wildman–Crippen LogP) is 3.43. The van der Waals surface area contributed by atoms with E-state index in [-0.39, 0.29) is 24.0 Å². The highest BCUT2D eigenvalue weighted by molar-refractivity contribution is 14.0. The van der Waals surface area contributed by atoms with Crippen LogP contribution in [0.2, 0.25) is 0 Å². The second-order valence-corrected chi connectivity index (χ2v) is 6.66. The summed E-state index contributed by atoms with van der Waals surface area (Å²) >= 11 is 0. The first kappa shape index (κ1) is 23.4. The molecule has 1 aromatic heterocycles. The summed E-state index contributed by atoms with van der Waals surface area (Å²) in [5.41, 5.74) is 2.18. The van der Waals surface area contributed by atoms with Crippen molar-refractivity contribution in [3.05, 3.63) is 42.4 Å². The Hall–Kier alpha value is -1.61. The number of benzene rings is 1. The molecule has 2 aromatic rings. The molecule has 0 aliphatic rings. The van der Waals surface area contributed by atoms with Gasteiger partial charge in [-0.3, -0.25) is 9.89 Å². The number of hydrogen-bond acceptors (Lipinski definition) is 3. The molecular formula is C20H33IN6. The van der Waals surface area contributed by atoms with Gasteiger partial charge in [-0.1, -0.05) is 37.3 Å². The molecule has 0 bridgehead atoms. The van der Waals surface area contributed by atoms with Crippen molar-refractivity contribution in [2.24, 2.45) is 4.99 Å². The van der Waals surface area contributed by atoms with Crippen molar-refractivity contribution in [1.82, 2.24) is 25.1 Å². The minimum absolute atomic E-state index is 0. The van der Waals surface area contributed by atoms with Crippen LogP contribution >= 0.6 is 24.0 Å². The van der Waals surface area contributed by atoms with Gasteiger partial charge in [0.05, 0.1) is 18.4 Å². The Balaban J connectivity index is 0.00000364. The fourth-order valence-electron chi connectivity index (χ4n) is 2.98. The van der Waals surface area contributed by atoms with Crippen LogP contribution in [0.3, 0.4) is 0 Å². The lowest BCUT2D eigenvalue weighted by Crippen LogP contribution is -2.43. The molecule has 0 amide bonds. The molecule has 0 unspecified atom stereocenters. The van der Waals surface area contributed by atoms with Crippen molar-refractivity contribution < 1.29 is 0 Å². The van der Waals surface area contributed by atoms with Gasteiger partial charge in [0, 0.05) is 33.2 Å². The van der Waals surface area contributed by atoms with Crippen LogP contribution in [0.5, 0.6) is 0 Å². The van der Waals surface area contributed by atoms with Gasteiger partial charge in [0.15, 0.2) is 5.96 Å². The molecule has 0 aliphatic carbocycles. The largest absolute Gasteiger partial charge is 0.355 e. The van der Waals surface area contributed by atoms with E-state index in [4.69, 9.17) is 0 Å². The molecule has 2 N–H and O–H groups in total. The maximum atomic E-state index is 4.51. The highest BCUT2D eigenvalue weighted by atomic mass is 127. The molecule has 6 nitrogen and oxygen atoms in total. The van der Waals surface area contributed by atoms with Crippen LogP contribution < -0.4 is 5.32 Å². The average molecular weight is 484 g/mol. The lowest BCUT2D eigenvalue weighted by Gasteiger charge is -2.26. The first-order valence-electron chi connectivity index (χ1n) is 9.30. The van der Waals surface area contributed by atoms with Gasteiger partial charge in [-0.15, -0.1) is 24.0 Å². The smallest absolute Gasteiger partial charge is 0.193 e. The lowest BCUT2D eigenvalue weighted by atomic mass is 10.2. The van der Waals surface area contributed by atoms with E-state index in [1.54, 1.807) is 0 Å². The Bertz CT molecular complexity index is 683. The number of guanidine groups is 1. The first-order chi connectivity index (χ1) is 12.5. The number of aliphatic imine (C=N–C) groups is 1. The molecule has 7 heteroatoms. The SMILES string of the molecule is CCN(CCNC(=NC)N(C)Cc1ncc(-c2ccccc2)[nH]1)C(C)C.I. The van der Waals surface area contributed by atoms with Crippen molar-refractivity contribution in [2.75, 3.05) is 33.7 Å². The molecule has 27 heavy (non-hydrogen) atoms. The van der Waals surface area contributed by atoms with E-state index in [1.165, 1.54) is 0 Å². The zero-order chi connectivity index (χ0) is 18.9. The van der Waals surface area contributed by atoms with Gasteiger partial charge in [-0.2, -0.15) is 0 Å². The van der Waals surface area contributed by atoms with Gasteiger partial charge in [0.25, 0.3) is 0 Å². The summed E-state index contributed by atoms with van der Waals surface area (Å²) in [4.78, 5) is 16.8. The van der Waals surface area contributed by atoms with E-state index in [9.17, 15) is 0 Å². The van der Waals surface area contributed by atoms with E-state index in [2.05, 4.69) is 63.0 Å². The number of hydrogen-bond donors (Lipinski definition) is 2. The van der Waals surface area contributed by atoms with E-state index in [1.807, 2.05) is 38.5 Å². The van der Waals surface area contributed by atoms with Gasteiger partial charge >= 0.3 is 0 Å². The topological polar surface area (TPSA) is 59.5 Å². The second kappa shape index (κ2) is 12.0. The summed E-state index contributed by atoms with van der Waals surface area (Å²) in [6.07, 6.45) is 1.89. The molecular weight excluding hydrogens is 451 g/mol. The molecule has 1 aromatic carbocycles. The third-order valence-corrected chi connectivity index (χ3v) is 4.49. The monoisotopic (exact) mass is 484 g/mol. The predicted molar refractivity (Wildman–Crippen MR) is 125 cm³/mol. The zero-order valence-corrected chi connectivity index (χ0v) is 19.4. The van der Waals surface area contributed by atoms with Crippen molar-refractivity contribution >= 4 is 29.9 Å². The van der Waals surface area contributed by atoms with Crippen LogP contribution in [0.4, 0.5) is 0 Å². The summed E-state index contributed by atoms with van der Waals surface area (Å²) in [5, 5.41) is 3.44. The van der Waals surface area contributed by atoms with Crippen molar-refractivity contribution in [3.63, 3.8) is 0 Å². The van der Waals surface area contributed by atoms with Crippen LogP contribution in [0.15, 0.2) is 41.5 Å². The Morgan fingerprint density at radius 3 is 2.56 bits per heavy atom. The number of H-pyrrole nitrogens is 1. The summed E-state index contributed by atoms with van der Waals surface area (Å²) in [6, 6.07) is 10.8. The molecule has 0 atom stereocenters. The van der Waals surface area contributed by atoms with E-state index in [0.717, 1.165) is 42.7 Å². The molecule has 2 rings (SSSR count). The normalized spacial score (nSPS) is 11.6. The van der Waals surface area contributed by atoms with Crippen molar-refractivity contribution in [3.8, 4) is 11.3 Å². The standard InChI is InChI=1S/C20H32N6.HI/c1-6-26(16(2)3)13-12-22-20(21-4)25(5)15-19-23-14-18(24-19)17-10-8-7-9-11-17;/h7-11,14,16H,6,12-13,15H2,1-5H3,(H,21,22)(H,23,24);1H. The zero-order valence-electron chi connectivity index (χ0n) is 17.1. The van der Waals surface area contributed by atoms with Gasteiger partial charge < -0.3 is 15.2 Å². The number of aromatic nitrogens is 2. The Labute approximate surface area is 180 Å². The third-order valence-electron chi connectivity index (χ3n) is 4.49. The number of rotatable bonds is 8. The highest BCUT2D eigenvalue weighted by Crippen LogP contribution is 2.16. The molecule has 0 fully saturated rings. The number of halogens is 1. The average Bonchev–Trinajstić information content (AvgIpc) is 3.10. The van der Waals surface area contributed by atoms with Crippen molar-refractivity contribution in [1.29, 1.82) is 0 Å². The fourth-order valence-corrected chi connectivity index (χ4v) is 2.98. The number of likely N-dealkylation sites (N-methyl/N-ethyl adjacent to an activating group) is 1. The van der Waals surface area contributed by atoms with Crippen molar-refractivity contribution in [2.45, 2.75) is 33.4 Å². The molecule has 1 heterocycles. The summed E-state index contributed by atoms with van der Waals surface area (Å²) in [6.45, 7) is 10.3.